The first-order valence-corrected chi connectivity index (χ1v) is 9.80. The largest absolute Gasteiger partial charge is 0.395 e. The molecule has 0 aliphatic carbocycles. The third-order valence-electron chi connectivity index (χ3n) is 3.75. The minimum Gasteiger partial charge on any atom is -0.395 e. The van der Waals surface area contributed by atoms with Crippen molar-refractivity contribution in [2.75, 3.05) is 19.9 Å². The fraction of sp³-hybridized carbons (Fsp3) is 0.267. The maximum absolute atomic E-state index is 12.1. The van der Waals surface area contributed by atoms with Gasteiger partial charge in [-0.3, -0.25) is 4.79 Å². The van der Waals surface area contributed by atoms with Gasteiger partial charge >= 0.3 is 0 Å². The Balaban J connectivity index is 2.25. The normalized spacial score (nSPS) is 19.3. The molecule has 1 amide bonds. The van der Waals surface area contributed by atoms with Crippen molar-refractivity contribution in [2.24, 2.45) is 10.3 Å². The van der Waals surface area contributed by atoms with Gasteiger partial charge in [0, 0.05) is 30.9 Å². The summed E-state index contributed by atoms with van der Waals surface area (Å²) in [5, 5.41) is 9.07. The Bertz CT molecular complexity index is 967. The predicted molar refractivity (Wildman–Crippen MR) is 95.7 cm³/mol. The van der Waals surface area contributed by atoms with E-state index in [0.29, 0.717) is 24.3 Å². The average molecular weight is 402 g/mol. The molecule has 0 fully saturated rings. The molecule has 0 radical (unpaired) electrons. The van der Waals surface area contributed by atoms with E-state index in [4.69, 9.17) is 28.0 Å². The van der Waals surface area contributed by atoms with Gasteiger partial charge in [-0.05, 0) is 6.07 Å². The Morgan fingerprint density at radius 1 is 1.36 bits per heavy atom. The standard InChI is InChI=1S/C15H13Cl2N3O4S/c1-20-15(21)9(7-18-20)13(16)8-3-4-11(25(2,22)23)12(14(8)17)10-5-6-24-19-10/h3-4,7H,5-6H2,1-2H3. The second kappa shape index (κ2) is 6.44. The van der Waals surface area contributed by atoms with Gasteiger partial charge in [0.2, 0.25) is 0 Å². The number of likely N-dealkylation sites (N-methyl/N-ethyl adjacent to an activating group) is 1. The zero-order valence-electron chi connectivity index (χ0n) is 13.3. The minimum atomic E-state index is -3.56. The lowest BCUT2D eigenvalue weighted by Crippen LogP contribution is -2.17. The summed E-state index contributed by atoms with van der Waals surface area (Å²) < 4.78 is 24.2. The van der Waals surface area contributed by atoms with Crippen molar-refractivity contribution in [1.82, 2.24) is 5.01 Å². The minimum absolute atomic E-state index is 0.0310. The summed E-state index contributed by atoms with van der Waals surface area (Å²) in [5.74, 6) is -0.378. The van der Waals surface area contributed by atoms with E-state index in [2.05, 4.69) is 10.3 Å². The Morgan fingerprint density at radius 2 is 2.08 bits per heavy atom. The summed E-state index contributed by atoms with van der Waals surface area (Å²) in [4.78, 5) is 17.1. The van der Waals surface area contributed by atoms with Crippen molar-refractivity contribution >= 4 is 55.9 Å². The molecule has 3 rings (SSSR count). The number of sulfone groups is 1. The van der Waals surface area contributed by atoms with Crippen LogP contribution in [0.1, 0.15) is 17.5 Å². The van der Waals surface area contributed by atoms with E-state index in [1.165, 1.54) is 25.4 Å². The van der Waals surface area contributed by atoms with Crippen LogP contribution in [-0.4, -0.2) is 51.2 Å². The molecular weight excluding hydrogens is 389 g/mol. The molecule has 0 bridgehead atoms. The van der Waals surface area contributed by atoms with Gasteiger partial charge in [-0.1, -0.05) is 34.4 Å². The van der Waals surface area contributed by atoms with Gasteiger partial charge in [-0.15, -0.1) is 0 Å². The second-order valence-electron chi connectivity index (χ2n) is 5.49. The highest BCUT2D eigenvalue weighted by Crippen LogP contribution is 2.37. The fourth-order valence-corrected chi connectivity index (χ4v) is 4.18. The maximum Gasteiger partial charge on any atom is 0.276 e. The Kier molecular flexibility index (Phi) is 4.61. The summed E-state index contributed by atoms with van der Waals surface area (Å²) in [6.07, 6.45) is 2.84. The molecule has 0 saturated heterocycles. The van der Waals surface area contributed by atoms with Gasteiger partial charge in [0.15, 0.2) is 9.84 Å². The predicted octanol–water partition coefficient (Wildman–Crippen LogP) is 2.28. The molecule has 0 spiro atoms. The Labute approximate surface area is 154 Å². The van der Waals surface area contributed by atoms with Gasteiger partial charge in [0.05, 0.1) is 32.4 Å². The molecule has 0 unspecified atom stereocenters. The van der Waals surface area contributed by atoms with Gasteiger partial charge in [0.1, 0.15) is 6.61 Å². The van der Waals surface area contributed by atoms with Gasteiger partial charge in [0.25, 0.3) is 5.91 Å². The summed E-state index contributed by atoms with van der Waals surface area (Å²) in [6.45, 7) is 0.337. The third-order valence-corrected chi connectivity index (χ3v) is 5.69. The first kappa shape index (κ1) is 17.9. The summed E-state index contributed by atoms with van der Waals surface area (Å²) >= 11 is 12.8. The van der Waals surface area contributed by atoms with Crippen LogP contribution >= 0.6 is 23.2 Å². The smallest absolute Gasteiger partial charge is 0.276 e. The molecule has 132 valence electrons. The number of hydrogen-bond acceptors (Lipinski definition) is 6. The fourth-order valence-electron chi connectivity index (χ4n) is 2.51. The Hall–Kier alpha value is -1.90. The number of hydrogen-bond donors (Lipinski definition) is 0. The molecule has 2 heterocycles. The van der Waals surface area contributed by atoms with Crippen LogP contribution in [0.15, 0.2) is 32.9 Å². The molecule has 0 aromatic heterocycles. The third kappa shape index (κ3) is 3.17. The van der Waals surface area contributed by atoms with Crippen molar-refractivity contribution in [1.29, 1.82) is 0 Å². The first-order valence-electron chi connectivity index (χ1n) is 7.15. The van der Waals surface area contributed by atoms with Crippen molar-refractivity contribution < 1.29 is 18.0 Å². The highest BCUT2D eigenvalue weighted by atomic mass is 35.5. The van der Waals surface area contributed by atoms with Crippen LogP contribution in [0.4, 0.5) is 0 Å². The zero-order valence-corrected chi connectivity index (χ0v) is 15.6. The van der Waals surface area contributed by atoms with E-state index >= 15 is 0 Å². The molecule has 25 heavy (non-hydrogen) atoms. The zero-order chi connectivity index (χ0) is 18.4. The number of halogens is 2. The van der Waals surface area contributed by atoms with Crippen molar-refractivity contribution in [3.63, 3.8) is 0 Å². The van der Waals surface area contributed by atoms with Crippen LogP contribution in [0.25, 0.3) is 5.03 Å². The van der Waals surface area contributed by atoms with Crippen LogP contribution in [0.3, 0.4) is 0 Å². The lowest BCUT2D eigenvalue weighted by atomic mass is 10.0. The lowest BCUT2D eigenvalue weighted by Gasteiger charge is -2.14. The number of carbonyl (C=O) groups excluding carboxylic acids is 1. The molecule has 7 nitrogen and oxygen atoms in total. The maximum atomic E-state index is 12.1. The van der Waals surface area contributed by atoms with Crippen molar-refractivity contribution in [2.45, 2.75) is 11.3 Å². The number of amides is 1. The van der Waals surface area contributed by atoms with E-state index in [1.807, 2.05) is 0 Å². The number of rotatable bonds is 3. The molecule has 2 aliphatic rings. The van der Waals surface area contributed by atoms with Gasteiger partial charge in [-0.2, -0.15) is 5.10 Å². The average Bonchev–Trinajstić information content (AvgIpc) is 3.17. The SMILES string of the molecule is CN1N=CC(=C(Cl)c2ccc(S(C)(=O)=O)c(C3=NOCC3)c2Cl)C1=O. The molecule has 1 aromatic carbocycles. The number of hydrazone groups is 1. The lowest BCUT2D eigenvalue weighted by molar-refractivity contribution is -0.124. The van der Waals surface area contributed by atoms with Gasteiger partial charge < -0.3 is 4.84 Å². The van der Waals surface area contributed by atoms with E-state index in [9.17, 15) is 13.2 Å². The van der Waals surface area contributed by atoms with E-state index in [0.717, 1.165) is 11.3 Å². The molecule has 0 atom stereocenters. The molecule has 2 aliphatic heterocycles. The second-order valence-corrected chi connectivity index (χ2v) is 8.23. The van der Waals surface area contributed by atoms with Crippen LogP contribution in [0.5, 0.6) is 0 Å². The Morgan fingerprint density at radius 3 is 2.60 bits per heavy atom. The number of oxime groups is 1. The molecule has 1 aromatic rings. The van der Waals surface area contributed by atoms with Crippen LogP contribution in [-0.2, 0) is 19.5 Å². The monoisotopic (exact) mass is 401 g/mol. The van der Waals surface area contributed by atoms with Crippen molar-refractivity contribution in [3.05, 3.63) is 33.9 Å². The summed E-state index contributed by atoms with van der Waals surface area (Å²) in [7, 11) is -2.06. The van der Waals surface area contributed by atoms with Crippen LogP contribution in [0.2, 0.25) is 5.02 Å². The number of carbonyl (C=O) groups is 1. The highest BCUT2D eigenvalue weighted by Gasteiger charge is 2.28. The number of benzene rings is 1. The van der Waals surface area contributed by atoms with Gasteiger partial charge in [-0.25, -0.2) is 13.4 Å². The molecule has 0 saturated carbocycles. The van der Waals surface area contributed by atoms with Crippen LogP contribution < -0.4 is 0 Å². The topological polar surface area (TPSA) is 88.4 Å². The highest BCUT2D eigenvalue weighted by molar-refractivity contribution is 7.90. The van der Waals surface area contributed by atoms with Crippen LogP contribution in [0, 0.1) is 0 Å². The van der Waals surface area contributed by atoms with E-state index in [-0.39, 0.29) is 32.0 Å². The molecule has 0 N–H and O–H groups in total. The summed E-state index contributed by atoms with van der Waals surface area (Å²) in [6, 6.07) is 2.86. The van der Waals surface area contributed by atoms with E-state index in [1.54, 1.807) is 0 Å². The first-order chi connectivity index (χ1) is 11.7. The van der Waals surface area contributed by atoms with E-state index < -0.39 is 9.84 Å². The summed E-state index contributed by atoms with van der Waals surface area (Å²) in [5.41, 5.74) is 1.16. The van der Waals surface area contributed by atoms with Crippen molar-refractivity contribution in [3.8, 4) is 0 Å². The molecular formula is C15H13Cl2N3O4S. The quantitative estimate of drug-likeness (QED) is 0.726. The number of nitrogens with zero attached hydrogens (tertiary/aromatic N) is 3. The molecule has 10 heteroatoms.